The van der Waals surface area contributed by atoms with Gasteiger partial charge in [-0.25, -0.2) is 0 Å². The van der Waals surface area contributed by atoms with E-state index in [0.717, 1.165) is 5.56 Å². The third kappa shape index (κ3) is 2.60. The van der Waals surface area contributed by atoms with Crippen LogP contribution < -0.4 is 0 Å². The summed E-state index contributed by atoms with van der Waals surface area (Å²) in [5, 5.41) is 0. The summed E-state index contributed by atoms with van der Waals surface area (Å²) in [6, 6.07) is 6.22. The van der Waals surface area contributed by atoms with E-state index >= 15 is 0 Å². The van der Waals surface area contributed by atoms with Gasteiger partial charge in [-0.1, -0.05) is 19.1 Å². The Bertz CT molecular complexity index is 297. The summed E-state index contributed by atoms with van der Waals surface area (Å²) in [6.45, 7) is 1.32. The fourth-order valence-electron chi connectivity index (χ4n) is 0.997. The van der Waals surface area contributed by atoms with Crippen molar-refractivity contribution >= 4 is 11.1 Å². The van der Waals surface area contributed by atoms with Gasteiger partial charge in [0.2, 0.25) is 0 Å². The Balaban J connectivity index is 2.87. The highest BCUT2D eigenvalue weighted by Gasteiger charge is 2.03. The van der Waals surface area contributed by atoms with Gasteiger partial charge in [0.1, 0.15) is 0 Å². The first-order chi connectivity index (χ1) is 6.15. The molecule has 0 aliphatic carbocycles. The van der Waals surface area contributed by atoms with Gasteiger partial charge < -0.3 is 4.55 Å². The second kappa shape index (κ2) is 4.48. The van der Waals surface area contributed by atoms with E-state index < -0.39 is 17.8 Å². The lowest BCUT2D eigenvalue weighted by Gasteiger charge is -2.09. The molecule has 2 atom stereocenters. The zero-order valence-corrected chi connectivity index (χ0v) is 8.01. The van der Waals surface area contributed by atoms with Crippen LogP contribution in [-0.2, 0) is 11.1 Å². The number of rotatable bonds is 3. The van der Waals surface area contributed by atoms with E-state index in [1.165, 1.54) is 12.1 Å². The second-order valence-corrected chi connectivity index (χ2v) is 3.80. The Morgan fingerprint density at radius 1 is 1.46 bits per heavy atom. The summed E-state index contributed by atoms with van der Waals surface area (Å²) in [6.07, 6.45) is 0. The number of halogens is 1. The topological polar surface area (TPSA) is 40.1 Å². The van der Waals surface area contributed by atoms with Gasteiger partial charge in [-0.15, -0.1) is 0 Å². The van der Waals surface area contributed by atoms with E-state index in [2.05, 4.69) is 0 Å². The maximum Gasteiger partial charge on any atom is 0.0960 e. The van der Waals surface area contributed by atoms with Crippen molar-refractivity contribution in [3.8, 4) is 0 Å². The molecule has 0 radical (unpaired) electrons. The molecule has 1 aromatic carbocycles. The Morgan fingerprint density at radius 2 is 2.00 bits per heavy atom. The van der Waals surface area contributed by atoms with E-state index in [-0.39, 0.29) is 10.8 Å². The molecule has 0 fully saturated rings. The first-order valence-electron chi connectivity index (χ1n) is 3.90. The molecule has 0 N–H and O–H groups in total. The minimum absolute atomic E-state index is 0.172. The summed E-state index contributed by atoms with van der Waals surface area (Å²) in [5.41, 5.74) is 0.816. The summed E-state index contributed by atoms with van der Waals surface area (Å²) < 4.78 is 33.2. The van der Waals surface area contributed by atoms with Crippen LogP contribution in [0, 0.1) is 0 Å². The van der Waals surface area contributed by atoms with E-state index in [1.807, 2.05) is 0 Å². The highest BCUT2D eigenvalue weighted by atomic mass is 32.2. The maximum absolute atomic E-state index is 12.2. The summed E-state index contributed by atoms with van der Waals surface area (Å²) in [5.74, 6) is -0.172. The summed E-state index contributed by atoms with van der Waals surface area (Å²) >= 11 is -2.20. The molecule has 0 spiro atoms. The molecule has 1 rings (SSSR count). The normalized spacial score (nSPS) is 15.3. The third-order valence-corrected chi connectivity index (χ3v) is 2.53. The van der Waals surface area contributed by atoms with Crippen LogP contribution in [-0.4, -0.2) is 15.4 Å². The highest BCUT2D eigenvalue weighted by molar-refractivity contribution is 7.79. The molecule has 72 valence electrons. The summed E-state index contributed by atoms with van der Waals surface area (Å²) in [7, 11) is 0. The monoisotopic (exact) mass is 201 g/mol. The van der Waals surface area contributed by atoms with Crippen LogP contribution >= 0.6 is 0 Å². The van der Waals surface area contributed by atoms with E-state index in [1.54, 1.807) is 19.1 Å². The average molecular weight is 201 g/mol. The second-order valence-electron chi connectivity index (χ2n) is 2.86. The lowest BCUT2D eigenvalue weighted by atomic mass is 10.0. The molecule has 0 saturated carbocycles. The van der Waals surface area contributed by atoms with Crippen molar-refractivity contribution < 1.29 is 13.2 Å². The van der Waals surface area contributed by atoms with Crippen LogP contribution in [0.25, 0.3) is 0 Å². The van der Waals surface area contributed by atoms with Crippen molar-refractivity contribution in [3.63, 3.8) is 0 Å². The van der Waals surface area contributed by atoms with Crippen molar-refractivity contribution in [1.29, 1.82) is 0 Å². The van der Waals surface area contributed by atoms with Gasteiger partial charge in [-0.3, -0.25) is 8.60 Å². The zero-order chi connectivity index (χ0) is 9.84. The third-order valence-electron chi connectivity index (χ3n) is 1.87. The first-order valence-corrected chi connectivity index (χ1v) is 4.98. The van der Waals surface area contributed by atoms with Crippen molar-refractivity contribution in [2.45, 2.75) is 17.7 Å². The van der Waals surface area contributed by atoms with Crippen LogP contribution in [0.1, 0.15) is 18.4 Å². The molecule has 1 unspecified atom stereocenters. The molecule has 0 amide bonds. The van der Waals surface area contributed by atoms with Crippen LogP contribution in [0.3, 0.4) is 0 Å². The summed E-state index contributed by atoms with van der Waals surface area (Å²) in [4.78, 5) is 0.231. The first kappa shape index (κ1) is 10.3. The van der Waals surface area contributed by atoms with Gasteiger partial charge in [-0.05, 0) is 28.8 Å². The zero-order valence-electron chi connectivity index (χ0n) is 7.20. The van der Waals surface area contributed by atoms with E-state index in [9.17, 15) is 13.2 Å². The van der Waals surface area contributed by atoms with E-state index in [0.29, 0.717) is 0 Å². The molecular formula is C9H10FO2S-. The van der Waals surface area contributed by atoms with Gasteiger partial charge in [0.15, 0.2) is 0 Å². The molecule has 4 heteroatoms. The van der Waals surface area contributed by atoms with Gasteiger partial charge in [-0.2, -0.15) is 0 Å². The average Bonchev–Trinajstić information content (AvgIpc) is 2.17. The maximum atomic E-state index is 12.2. The van der Waals surface area contributed by atoms with Gasteiger partial charge >= 0.3 is 0 Å². The molecular weight excluding hydrogens is 191 g/mol. The molecule has 0 saturated heterocycles. The van der Waals surface area contributed by atoms with Crippen LogP contribution in [0.2, 0.25) is 0 Å². The van der Waals surface area contributed by atoms with Crippen molar-refractivity contribution in [3.05, 3.63) is 29.8 Å². The lowest BCUT2D eigenvalue weighted by Crippen LogP contribution is -1.96. The number of hydrogen-bond acceptors (Lipinski definition) is 2. The smallest absolute Gasteiger partial charge is 0.0960 e. The predicted octanol–water partition coefficient (Wildman–Crippen LogP) is 2.00. The minimum Gasteiger partial charge on any atom is -0.768 e. The predicted molar refractivity (Wildman–Crippen MR) is 48.0 cm³/mol. The lowest BCUT2D eigenvalue weighted by molar-refractivity contribution is 0.447. The van der Waals surface area contributed by atoms with Gasteiger partial charge in [0.25, 0.3) is 0 Å². The fraction of sp³-hybridized carbons (Fsp3) is 0.333. The SMILES string of the molecule is C[C@H](CF)c1ccc(S(=O)[O-])cc1. The molecule has 0 heterocycles. The Morgan fingerprint density at radius 3 is 2.38 bits per heavy atom. The number of hydrogen-bond donors (Lipinski definition) is 0. The van der Waals surface area contributed by atoms with Crippen molar-refractivity contribution in [1.82, 2.24) is 0 Å². The van der Waals surface area contributed by atoms with Crippen molar-refractivity contribution in [2.24, 2.45) is 0 Å². The number of alkyl halides is 1. The van der Waals surface area contributed by atoms with E-state index in [4.69, 9.17) is 0 Å². The van der Waals surface area contributed by atoms with Crippen molar-refractivity contribution in [2.75, 3.05) is 6.67 Å². The minimum atomic E-state index is -2.20. The largest absolute Gasteiger partial charge is 0.768 e. The molecule has 0 aromatic heterocycles. The Labute approximate surface area is 79.1 Å². The molecule has 2 nitrogen and oxygen atoms in total. The van der Waals surface area contributed by atoms with Crippen LogP contribution in [0.5, 0.6) is 0 Å². The van der Waals surface area contributed by atoms with Gasteiger partial charge in [0.05, 0.1) is 6.67 Å². The molecule has 13 heavy (non-hydrogen) atoms. The van der Waals surface area contributed by atoms with Gasteiger partial charge in [0, 0.05) is 10.8 Å². The number of benzene rings is 1. The highest BCUT2D eigenvalue weighted by Crippen LogP contribution is 2.17. The molecule has 0 aliphatic rings. The standard InChI is InChI=1S/C9H11FO2S/c1-7(6-10)8-2-4-9(5-3-8)13(11)12/h2-5,7H,6H2,1H3,(H,11,12)/p-1/t7-/m1/s1. The Hall–Kier alpha value is -0.740. The van der Waals surface area contributed by atoms with Crippen LogP contribution in [0.15, 0.2) is 29.2 Å². The Kier molecular flexibility index (Phi) is 3.57. The molecule has 0 bridgehead atoms. The molecule has 1 aromatic rings. The van der Waals surface area contributed by atoms with Crippen LogP contribution in [0.4, 0.5) is 4.39 Å². The molecule has 0 aliphatic heterocycles. The fourth-order valence-corrected chi connectivity index (χ4v) is 1.35. The quantitative estimate of drug-likeness (QED) is 0.702.